The standard InChI is InChI=1S/C8H6O3.HN3.N3/c1-5(9)7-4-6(10)2-3-8(7)11;2*1-3-2/h2-4H,1H3;1H;/q;;-1. The second kappa shape index (κ2) is 9.66. The third kappa shape index (κ3) is 8.13. The molecule has 0 amide bonds. The molecule has 0 bridgehead atoms. The highest BCUT2D eigenvalue weighted by molar-refractivity contribution is 6.30. The van der Waals surface area contributed by atoms with E-state index >= 15 is 0 Å². The molecule has 0 aromatic rings. The van der Waals surface area contributed by atoms with Crippen LogP contribution in [0, 0.1) is 5.53 Å². The lowest BCUT2D eigenvalue weighted by Crippen LogP contribution is -2.13. The number of nitrogens with zero attached hydrogens (tertiary/aromatic N) is 5. The summed E-state index contributed by atoms with van der Waals surface area (Å²) in [6, 6.07) is 0. The molecule has 1 aliphatic carbocycles. The van der Waals surface area contributed by atoms with Gasteiger partial charge in [0.2, 0.25) is 0 Å². The molecule has 0 aromatic heterocycles. The Bertz CT molecular complexity index is 438. The fraction of sp³-hybridized carbons (Fsp3) is 0.125. The van der Waals surface area contributed by atoms with Crippen molar-refractivity contribution in [3.8, 4) is 0 Å². The van der Waals surface area contributed by atoms with Crippen LogP contribution in [0.1, 0.15) is 6.92 Å². The van der Waals surface area contributed by atoms with Crippen molar-refractivity contribution in [1.82, 2.24) is 0 Å². The van der Waals surface area contributed by atoms with E-state index < -0.39 is 5.78 Å². The highest BCUT2D eigenvalue weighted by Gasteiger charge is 2.16. The zero-order valence-electron chi connectivity index (χ0n) is 8.69. The Hall–Kier alpha value is -2.89. The van der Waals surface area contributed by atoms with E-state index in [4.69, 9.17) is 22.1 Å². The molecular weight excluding hydrogens is 228 g/mol. The zero-order chi connectivity index (χ0) is 13.8. The van der Waals surface area contributed by atoms with Gasteiger partial charge in [-0.3, -0.25) is 19.3 Å². The Morgan fingerprint density at radius 3 is 1.94 bits per heavy atom. The van der Waals surface area contributed by atoms with Crippen molar-refractivity contribution >= 4 is 17.3 Å². The Kier molecular flexibility index (Phi) is 9.39. The SMILES string of the molecule is CC(=O)C1=CC(=O)C=CC1=O.[N-]=[N+]=N.[N-]=[N+]=[N-]. The van der Waals surface area contributed by atoms with Crippen LogP contribution >= 0.6 is 0 Å². The second-order valence-corrected chi connectivity index (χ2v) is 2.40. The first-order valence-corrected chi connectivity index (χ1v) is 3.92. The lowest BCUT2D eigenvalue weighted by molar-refractivity contribution is -0.119. The number of carbonyl (C=O) groups excluding carboxylic acids is 3. The molecule has 1 aliphatic rings. The van der Waals surface area contributed by atoms with Crippen LogP contribution in [0.5, 0.6) is 0 Å². The van der Waals surface area contributed by atoms with E-state index in [1.165, 1.54) is 11.8 Å². The molecule has 9 nitrogen and oxygen atoms in total. The van der Waals surface area contributed by atoms with Crippen LogP contribution in [0.4, 0.5) is 0 Å². The molecule has 17 heavy (non-hydrogen) atoms. The van der Waals surface area contributed by atoms with E-state index in [0.29, 0.717) is 0 Å². The summed E-state index contributed by atoms with van der Waals surface area (Å²) in [6.07, 6.45) is 3.32. The third-order valence-corrected chi connectivity index (χ3v) is 1.33. The predicted octanol–water partition coefficient (Wildman–Crippen LogP) is 1.95. The molecule has 0 saturated heterocycles. The van der Waals surface area contributed by atoms with Crippen molar-refractivity contribution in [1.29, 1.82) is 5.53 Å². The van der Waals surface area contributed by atoms with Crippen molar-refractivity contribution in [2.75, 3.05) is 0 Å². The molecule has 0 heterocycles. The van der Waals surface area contributed by atoms with E-state index in [1.54, 1.807) is 4.91 Å². The Morgan fingerprint density at radius 1 is 1.24 bits per heavy atom. The van der Waals surface area contributed by atoms with Gasteiger partial charge in [0.25, 0.3) is 0 Å². The molecule has 1 N–H and O–H groups in total. The Balaban J connectivity index is 0. The van der Waals surface area contributed by atoms with Gasteiger partial charge in [0, 0.05) is 6.08 Å². The van der Waals surface area contributed by atoms with Crippen LogP contribution in [0.15, 0.2) is 23.8 Å². The van der Waals surface area contributed by atoms with E-state index in [9.17, 15) is 14.4 Å². The molecule has 9 heteroatoms. The van der Waals surface area contributed by atoms with Gasteiger partial charge in [-0.2, -0.15) is 0 Å². The summed E-state index contributed by atoms with van der Waals surface area (Å²) in [5.74, 6) is -1.07. The van der Waals surface area contributed by atoms with Gasteiger partial charge >= 0.3 is 0 Å². The van der Waals surface area contributed by atoms with Crippen LogP contribution in [0.25, 0.3) is 26.4 Å². The predicted molar refractivity (Wildman–Crippen MR) is 57.4 cm³/mol. The average molecular weight is 235 g/mol. The van der Waals surface area contributed by atoms with Crippen LogP contribution in [0.3, 0.4) is 0 Å². The topological polar surface area (TPSA) is 170 Å². The van der Waals surface area contributed by atoms with Gasteiger partial charge in [0.1, 0.15) is 0 Å². The number of hydrogen-bond donors (Lipinski definition) is 1. The molecule has 0 aliphatic heterocycles. The highest BCUT2D eigenvalue weighted by Crippen LogP contribution is 2.05. The Labute approximate surface area is 95.3 Å². The van der Waals surface area contributed by atoms with Gasteiger partial charge in [-0.05, 0) is 29.5 Å². The number of hydrogen-bond acceptors (Lipinski definition) is 4. The molecular formula is C8H7N6O3-. The molecule has 0 radical (unpaired) electrons. The van der Waals surface area contributed by atoms with Crippen LogP contribution < -0.4 is 0 Å². The van der Waals surface area contributed by atoms with E-state index in [0.717, 1.165) is 18.2 Å². The van der Waals surface area contributed by atoms with E-state index in [-0.39, 0.29) is 17.1 Å². The van der Waals surface area contributed by atoms with Crippen LogP contribution in [0.2, 0.25) is 0 Å². The molecule has 0 atom stereocenters. The first-order chi connectivity index (χ1) is 7.94. The lowest BCUT2D eigenvalue weighted by Gasteiger charge is -2.00. The van der Waals surface area contributed by atoms with Crippen molar-refractivity contribution < 1.29 is 14.4 Å². The maximum Gasteiger partial charge on any atom is 0.189 e. The molecule has 0 unspecified atom stereocenters. The fourth-order valence-electron chi connectivity index (χ4n) is 0.784. The summed E-state index contributed by atoms with van der Waals surface area (Å²) in [7, 11) is 0. The molecule has 1 rings (SSSR count). The summed E-state index contributed by atoms with van der Waals surface area (Å²) in [6.45, 7) is 1.26. The number of allylic oxidation sites excluding steroid dienone is 4. The van der Waals surface area contributed by atoms with Gasteiger partial charge < -0.3 is 11.1 Å². The normalized spacial score (nSPS) is 11.7. The molecule has 0 saturated carbocycles. The molecule has 0 fully saturated rings. The quantitative estimate of drug-likeness (QED) is 0.241. The maximum absolute atomic E-state index is 10.9. The fourth-order valence-corrected chi connectivity index (χ4v) is 0.784. The van der Waals surface area contributed by atoms with E-state index in [2.05, 4.69) is 0 Å². The van der Waals surface area contributed by atoms with Gasteiger partial charge in [-0.1, -0.05) is 0 Å². The van der Waals surface area contributed by atoms with Crippen molar-refractivity contribution in [3.05, 3.63) is 50.2 Å². The van der Waals surface area contributed by atoms with Crippen molar-refractivity contribution in [3.63, 3.8) is 0 Å². The highest BCUT2D eigenvalue weighted by atomic mass is 16.2. The number of ketones is 3. The van der Waals surface area contributed by atoms with Gasteiger partial charge in [-0.15, -0.1) is 5.53 Å². The molecule has 88 valence electrons. The summed E-state index contributed by atoms with van der Waals surface area (Å²) in [4.78, 5) is 35.4. The van der Waals surface area contributed by atoms with Crippen molar-refractivity contribution in [2.24, 2.45) is 0 Å². The Morgan fingerprint density at radius 2 is 1.65 bits per heavy atom. The third-order valence-electron chi connectivity index (χ3n) is 1.33. The number of rotatable bonds is 1. The minimum absolute atomic E-state index is 0.0301. The monoisotopic (exact) mass is 235 g/mol. The smallest absolute Gasteiger partial charge is 0.189 e. The number of carbonyl (C=O) groups is 3. The van der Waals surface area contributed by atoms with Crippen LogP contribution in [-0.4, -0.2) is 17.3 Å². The largest absolute Gasteiger partial charge is 0.373 e. The summed E-state index contributed by atoms with van der Waals surface area (Å²) < 4.78 is 0. The summed E-state index contributed by atoms with van der Waals surface area (Å²) >= 11 is 0. The van der Waals surface area contributed by atoms with Crippen molar-refractivity contribution in [2.45, 2.75) is 6.92 Å². The lowest BCUT2D eigenvalue weighted by atomic mass is 10.0. The van der Waals surface area contributed by atoms with E-state index in [1.807, 2.05) is 0 Å². The first-order valence-electron chi connectivity index (χ1n) is 3.92. The van der Waals surface area contributed by atoms with Crippen LogP contribution in [-0.2, 0) is 14.4 Å². The minimum atomic E-state index is -0.392. The number of nitrogens with one attached hydrogen (secondary N) is 1. The number of Topliss-reactive ketones (excluding diaryl/α,β-unsaturated/α-hetero) is 1. The van der Waals surface area contributed by atoms with Gasteiger partial charge in [-0.25, -0.2) is 0 Å². The summed E-state index contributed by atoms with van der Waals surface area (Å²) in [5, 5.41) is 0. The zero-order valence-corrected chi connectivity index (χ0v) is 8.69. The molecule has 0 aromatic carbocycles. The first kappa shape index (κ1) is 16.5. The maximum atomic E-state index is 10.9. The van der Waals surface area contributed by atoms with Gasteiger partial charge in [0.15, 0.2) is 17.3 Å². The average Bonchev–Trinajstić information content (AvgIpc) is 2.23. The minimum Gasteiger partial charge on any atom is -0.373 e. The second-order valence-electron chi connectivity index (χ2n) is 2.40. The summed E-state index contributed by atoms with van der Waals surface area (Å²) in [5.41, 5.74) is 25.7. The van der Waals surface area contributed by atoms with Gasteiger partial charge in [0.05, 0.1) is 5.57 Å². The molecule has 0 spiro atoms.